The van der Waals surface area contributed by atoms with Crippen molar-refractivity contribution in [3.8, 4) is 0 Å². The summed E-state index contributed by atoms with van der Waals surface area (Å²) in [6.07, 6.45) is 0. The standard InChI is InChI=1S/C36H32N4S3/c37-41(31-19-7-1-8-20-31,32-21-9-2-10-22-32)39-43(35-27-15-5-16-28-35,36-29-17-6-18-30-36)40-42(38,33-23-11-3-12-24-33)34-25-13-4-14-26-34/h1-30,37-38H/q+2. The summed E-state index contributed by atoms with van der Waals surface area (Å²) in [6.45, 7) is 0. The van der Waals surface area contributed by atoms with Gasteiger partial charge in [0, 0.05) is 19.4 Å². The van der Waals surface area contributed by atoms with Gasteiger partial charge >= 0.3 is 0 Å². The molecule has 0 amide bonds. The first-order valence-electron chi connectivity index (χ1n) is 13.8. The van der Waals surface area contributed by atoms with Gasteiger partial charge in [0.25, 0.3) is 0 Å². The molecule has 0 unspecified atom stereocenters. The van der Waals surface area contributed by atoms with E-state index in [-0.39, 0.29) is 0 Å². The predicted molar refractivity (Wildman–Crippen MR) is 181 cm³/mol. The second-order valence-electron chi connectivity index (χ2n) is 9.74. The second kappa shape index (κ2) is 12.4. The van der Waals surface area contributed by atoms with Crippen LogP contribution < -0.4 is 0 Å². The number of nitrogens with one attached hydrogen (secondary N) is 2. The Morgan fingerprint density at radius 1 is 0.395 bits per heavy atom. The fourth-order valence-electron chi connectivity index (χ4n) is 4.78. The van der Waals surface area contributed by atoms with E-state index in [2.05, 4.69) is 24.3 Å². The Morgan fingerprint density at radius 3 is 1.00 bits per heavy atom. The fraction of sp³-hybridized carbons (Fsp3) is 0. The molecular weight excluding hydrogens is 585 g/mol. The fourth-order valence-corrected chi connectivity index (χ4v) is 14.6. The number of hydrogen-bond acceptors (Lipinski definition) is 2. The molecule has 6 aromatic rings. The third-order valence-electron chi connectivity index (χ3n) is 6.92. The van der Waals surface area contributed by atoms with Crippen LogP contribution in [0.15, 0.2) is 219 Å². The smallest absolute Gasteiger partial charge is 0.210 e. The molecule has 43 heavy (non-hydrogen) atoms. The Morgan fingerprint density at radius 2 is 0.674 bits per heavy atom. The number of benzene rings is 6. The Labute approximate surface area is 256 Å². The van der Waals surface area contributed by atoms with Crippen molar-refractivity contribution in [3.63, 3.8) is 0 Å². The van der Waals surface area contributed by atoms with Crippen LogP contribution in [0.2, 0.25) is 0 Å². The van der Waals surface area contributed by atoms with Crippen molar-refractivity contribution >= 4 is 29.6 Å². The van der Waals surface area contributed by atoms with Crippen LogP contribution in [0.25, 0.3) is 0 Å². The highest BCUT2D eigenvalue weighted by Crippen LogP contribution is 2.43. The van der Waals surface area contributed by atoms with E-state index in [4.69, 9.17) is 7.54 Å². The highest BCUT2D eigenvalue weighted by atomic mass is 32.3. The van der Waals surface area contributed by atoms with Crippen molar-refractivity contribution in [2.45, 2.75) is 29.4 Å². The third-order valence-corrected chi connectivity index (χ3v) is 16.1. The van der Waals surface area contributed by atoms with Gasteiger partial charge in [-0.05, 0) is 76.6 Å². The average Bonchev–Trinajstić information content (AvgIpc) is 3.10. The van der Waals surface area contributed by atoms with E-state index in [1.54, 1.807) is 0 Å². The molecule has 212 valence electrons. The third kappa shape index (κ3) is 5.67. The topological polar surface area (TPSA) is 72.4 Å². The second-order valence-corrected chi connectivity index (χ2v) is 17.2. The van der Waals surface area contributed by atoms with Crippen LogP contribution in [0.4, 0.5) is 0 Å². The molecule has 0 aliphatic carbocycles. The molecule has 0 radical (unpaired) electrons. The summed E-state index contributed by atoms with van der Waals surface area (Å²) in [6, 6.07) is 59.8. The average molecular weight is 617 g/mol. The maximum Gasteiger partial charge on any atom is 0.210 e. The minimum Gasteiger partial charge on any atom is -0.258 e. The van der Waals surface area contributed by atoms with Crippen LogP contribution in [-0.2, 0) is 29.6 Å². The van der Waals surface area contributed by atoms with E-state index < -0.39 is 29.6 Å². The van der Waals surface area contributed by atoms with Gasteiger partial charge in [-0.25, -0.2) is 0 Å². The summed E-state index contributed by atoms with van der Waals surface area (Å²) < 4.78 is 32.0. The Kier molecular flexibility index (Phi) is 8.29. The first kappa shape index (κ1) is 28.7. The maximum atomic E-state index is 10.3. The number of hydrogen-bond donors (Lipinski definition) is 2. The molecule has 0 saturated heterocycles. The molecule has 0 fully saturated rings. The van der Waals surface area contributed by atoms with Crippen LogP contribution in [0.3, 0.4) is 0 Å². The zero-order valence-electron chi connectivity index (χ0n) is 23.4. The SMILES string of the molecule is N=S(=N[S+](=N[S+](=N)(c1ccccc1)c1ccccc1)(c1ccccc1)c1ccccc1)(c1ccccc1)c1ccccc1. The Bertz CT molecular complexity index is 1890. The molecule has 7 heteroatoms. The molecule has 6 rings (SSSR count). The van der Waals surface area contributed by atoms with Crippen molar-refractivity contribution in [3.05, 3.63) is 182 Å². The van der Waals surface area contributed by atoms with Crippen LogP contribution in [0.5, 0.6) is 0 Å². The van der Waals surface area contributed by atoms with Gasteiger partial charge in [0.1, 0.15) is 3.77 Å². The van der Waals surface area contributed by atoms with E-state index in [1.165, 1.54) is 0 Å². The van der Waals surface area contributed by atoms with E-state index in [0.717, 1.165) is 29.4 Å². The van der Waals surface area contributed by atoms with Gasteiger partial charge in [0.2, 0.25) is 10.0 Å². The van der Waals surface area contributed by atoms with Crippen molar-refractivity contribution in [2.24, 2.45) is 7.54 Å². The van der Waals surface area contributed by atoms with Crippen LogP contribution in [0, 0.1) is 9.56 Å². The Balaban J connectivity index is 1.86. The van der Waals surface area contributed by atoms with Crippen LogP contribution in [-0.4, -0.2) is 0 Å². The molecule has 2 N–H and O–H groups in total. The maximum absolute atomic E-state index is 10.3. The molecule has 0 aliphatic heterocycles. The van der Waals surface area contributed by atoms with E-state index in [0.29, 0.717) is 0 Å². The summed E-state index contributed by atoms with van der Waals surface area (Å²) in [5.74, 6) is 0. The van der Waals surface area contributed by atoms with Gasteiger partial charge in [0.15, 0.2) is 29.6 Å². The lowest BCUT2D eigenvalue weighted by molar-refractivity contribution is 1.29. The number of rotatable bonds is 8. The summed E-state index contributed by atoms with van der Waals surface area (Å²) in [5, 5.41) is 0. The molecule has 4 nitrogen and oxygen atoms in total. The molecule has 6 aromatic carbocycles. The molecular formula is C36H32N4S3+2. The summed E-state index contributed by atoms with van der Waals surface area (Å²) >= 11 is 0. The first-order chi connectivity index (χ1) is 21.0. The van der Waals surface area contributed by atoms with Gasteiger partial charge in [0.05, 0.1) is 0 Å². The molecule has 0 atom stereocenters. The largest absolute Gasteiger partial charge is 0.258 e. The lowest BCUT2D eigenvalue weighted by Crippen LogP contribution is -2.19. The van der Waals surface area contributed by atoms with E-state index >= 15 is 0 Å². The summed E-state index contributed by atoms with van der Waals surface area (Å²) in [7, 11) is -8.19. The van der Waals surface area contributed by atoms with Crippen molar-refractivity contribution in [1.29, 1.82) is 9.56 Å². The molecule has 0 aliphatic rings. The molecule has 0 saturated carbocycles. The van der Waals surface area contributed by atoms with Gasteiger partial charge in [-0.1, -0.05) is 109 Å². The first-order valence-corrected chi connectivity index (χ1v) is 18.6. The minimum atomic E-state index is -2.74. The summed E-state index contributed by atoms with van der Waals surface area (Å²) in [4.78, 5) is 5.09. The van der Waals surface area contributed by atoms with Crippen LogP contribution >= 0.6 is 0 Å². The van der Waals surface area contributed by atoms with E-state index in [1.807, 2.05) is 158 Å². The normalized spacial score (nSPS) is 11.9. The van der Waals surface area contributed by atoms with Crippen LogP contribution in [0.1, 0.15) is 0 Å². The molecule has 0 bridgehead atoms. The van der Waals surface area contributed by atoms with Crippen molar-refractivity contribution in [1.82, 2.24) is 0 Å². The lowest BCUT2D eigenvalue weighted by Gasteiger charge is -2.19. The molecule has 0 spiro atoms. The summed E-state index contributed by atoms with van der Waals surface area (Å²) in [5.41, 5.74) is 0. The zero-order valence-corrected chi connectivity index (χ0v) is 25.9. The number of nitrogens with zero attached hydrogens (tertiary/aromatic N) is 2. The lowest BCUT2D eigenvalue weighted by atomic mass is 10.4. The Hall–Kier alpha value is -4.43. The predicted octanol–water partition coefficient (Wildman–Crippen LogP) is 10.5. The quantitative estimate of drug-likeness (QED) is 0.160. The monoisotopic (exact) mass is 616 g/mol. The van der Waals surface area contributed by atoms with Gasteiger partial charge in [-0.15, -0.1) is 4.78 Å². The minimum absolute atomic E-state index is 0.824. The van der Waals surface area contributed by atoms with Gasteiger partial charge in [-0.2, -0.15) is 0 Å². The molecule has 0 aromatic heterocycles. The van der Waals surface area contributed by atoms with Gasteiger partial charge in [-0.3, -0.25) is 4.78 Å². The highest BCUT2D eigenvalue weighted by molar-refractivity contribution is 8.17. The molecule has 0 heterocycles. The van der Waals surface area contributed by atoms with E-state index in [9.17, 15) is 9.56 Å². The highest BCUT2D eigenvalue weighted by Gasteiger charge is 2.44. The van der Waals surface area contributed by atoms with Crippen molar-refractivity contribution in [2.75, 3.05) is 0 Å². The van der Waals surface area contributed by atoms with Crippen molar-refractivity contribution < 1.29 is 0 Å². The zero-order chi connectivity index (χ0) is 29.6. The van der Waals surface area contributed by atoms with Gasteiger partial charge < -0.3 is 0 Å².